The van der Waals surface area contributed by atoms with E-state index < -0.39 is 23.6 Å². The molecule has 0 amide bonds. The Labute approximate surface area is 125 Å². The summed E-state index contributed by atoms with van der Waals surface area (Å²) in [7, 11) is 0. The summed E-state index contributed by atoms with van der Waals surface area (Å²) in [6.45, 7) is 0. The van der Waals surface area contributed by atoms with E-state index in [0.717, 1.165) is 18.2 Å². The van der Waals surface area contributed by atoms with E-state index in [9.17, 15) is 17.6 Å². The van der Waals surface area contributed by atoms with Crippen molar-refractivity contribution in [3.8, 4) is 0 Å². The fourth-order valence-corrected chi connectivity index (χ4v) is 2.00. The average Bonchev–Trinajstić information content (AvgIpc) is 2.32. The molecule has 0 aliphatic heterocycles. The van der Waals surface area contributed by atoms with Crippen LogP contribution in [0.2, 0.25) is 10.0 Å². The van der Waals surface area contributed by atoms with E-state index in [0.29, 0.717) is 0 Å². The quantitative estimate of drug-likeness (QED) is 0.801. The average molecular weight is 341 g/mol. The van der Waals surface area contributed by atoms with Gasteiger partial charge in [-0.25, -0.2) is 14.4 Å². The van der Waals surface area contributed by atoms with Gasteiger partial charge in [-0.15, -0.1) is 0 Å². The van der Waals surface area contributed by atoms with E-state index in [4.69, 9.17) is 28.9 Å². The number of anilines is 3. The van der Waals surface area contributed by atoms with Crippen molar-refractivity contribution in [1.82, 2.24) is 9.97 Å². The lowest BCUT2D eigenvalue weighted by Crippen LogP contribution is -2.13. The maximum Gasteiger partial charge on any atom is 0.451 e. The SMILES string of the molecule is Nc1cc(Nc2c(Cl)cc(F)cc2Cl)nc(C(F)(F)F)n1. The summed E-state index contributed by atoms with van der Waals surface area (Å²) in [6, 6.07) is 2.96. The smallest absolute Gasteiger partial charge is 0.384 e. The Morgan fingerprint density at radius 2 is 1.62 bits per heavy atom. The van der Waals surface area contributed by atoms with Crippen molar-refractivity contribution in [1.29, 1.82) is 0 Å². The normalized spacial score (nSPS) is 11.5. The third kappa shape index (κ3) is 3.64. The van der Waals surface area contributed by atoms with E-state index in [1.807, 2.05) is 0 Å². The zero-order valence-electron chi connectivity index (χ0n) is 9.97. The lowest BCUT2D eigenvalue weighted by Gasteiger charge is -2.12. The maximum atomic E-state index is 13.0. The van der Waals surface area contributed by atoms with Crippen LogP contribution in [0.3, 0.4) is 0 Å². The highest BCUT2D eigenvalue weighted by atomic mass is 35.5. The van der Waals surface area contributed by atoms with E-state index in [2.05, 4.69) is 15.3 Å². The Morgan fingerprint density at radius 3 is 2.14 bits per heavy atom. The molecule has 1 aromatic carbocycles. The summed E-state index contributed by atoms with van der Waals surface area (Å²) in [5.41, 5.74) is 5.30. The highest BCUT2D eigenvalue weighted by Gasteiger charge is 2.35. The molecule has 0 aliphatic carbocycles. The number of aromatic nitrogens is 2. The molecule has 0 radical (unpaired) electrons. The van der Waals surface area contributed by atoms with Crippen molar-refractivity contribution in [2.45, 2.75) is 6.18 Å². The monoisotopic (exact) mass is 340 g/mol. The number of nitrogen functional groups attached to an aromatic ring is 1. The number of benzene rings is 1. The largest absolute Gasteiger partial charge is 0.451 e. The standard InChI is InChI=1S/C11H6Cl2F4N4/c12-5-1-4(14)2-6(13)9(5)20-8-3-7(18)19-10(21-8)11(15,16)17/h1-3H,(H3,18,19,20,21). The Bertz CT molecular complexity index is 667. The van der Waals surface area contributed by atoms with Crippen molar-refractivity contribution in [3.05, 3.63) is 39.9 Å². The fourth-order valence-electron chi connectivity index (χ4n) is 1.45. The van der Waals surface area contributed by atoms with Crippen molar-refractivity contribution >= 4 is 40.5 Å². The molecular weight excluding hydrogens is 335 g/mol. The van der Waals surface area contributed by atoms with E-state index in [-0.39, 0.29) is 21.6 Å². The Morgan fingerprint density at radius 1 is 1.05 bits per heavy atom. The van der Waals surface area contributed by atoms with Crippen LogP contribution in [0.25, 0.3) is 0 Å². The summed E-state index contributed by atoms with van der Waals surface area (Å²) in [6.07, 6.45) is -4.76. The second kappa shape index (κ2) is 5.53. The van der Waals surface area contributed by atoms with Gasteiger partial charge in [0.2, 0.25) is 5.82 Å². The third-order valence-electron chi connectivity index (χ3n) is 2.26. The van der Waals surface area contributed by atoms with Crippen LogP contribution in [-0.4, -0.2) is 9.97 Å². The second-order valence-corrected chi connectivity index (χ2v) is 4.68. The van der Waals surface area contributed by atoms with Gasteiger partial charge in [0, 0.05) is 6.07 Å². The van der Waals surface area contributed by atoms with E-state index >= 15 is 0 Å². The summed E-state index contributed by atoms with van der Waals surface area (Å²) in [5.74, 6) is -2.77. The molecule has 1 heterocycles. The first-order valence-electron chi connectivity index (χ1n) is 5.30. The number of hydrogen-bond acceptors (Lipinski definition) is 4. The minimum atomic E-state index is -4.76. The molecule has 0 atom stereocenters. The molecule has 0 spiro atoms. The van der Waals surface area contributed by atoms with Crippen LogP contribution in [0.5, 0.6) is 0 Å². The third-order valence-corrected chi connectivity index (χ3v) is 2.86. The predicted molar refractivity (Wildman–Crippen MR) is 71.1 cm³/mol. The Balaban J connectivity index is 2.43. The highest BCUT2D eigenvalue weighted by molar-refractivity contribution is 6.39. The molecule has 2 aromatic rings. The Kier molecular flexibility index (Phi) is 4.11. The molecule has 0 fully saturated rings. The summed E-state index contributed by atoms with van der Waals surface area (Å²) >= 11 is 11.5. The predicted octanol–water partition coefficient (Wildman–Crippen LogP) is 4.27. The van der Waals surface area contributed by atoms with Crippen molar-refractivity contribution in [2.24, 2.45) is 0 Å². The maximum absolute atomic E-state index is 13.0. The molecular formula is C11H6Cl2F4N4. The minimum Gasteiger partial charge on any atom is -0.384 e. The van der Waals surface area contributed by atoms with Crippen molar-refractivity contribution in [3.63, 3.8) is 0 Å². The molecule has 4 nitrogen and oxygen atoms in total. The minimum absolute atomic E-state index is 0.00552. The van der Waals surface area contributed by atoms with Crippen LogP contribution in [-0.2, 0) is 6.18 Å². The molecule has 21 heavy (non-hydrogen) atoms. The van der Waals surface area contributed by atoms with Gasteiger partial charge in [0.1, 0.15) is 17.5 Å². The van der Waals surface area contributed by atoms with Gasteiger partial charge >= 0.3 is 6.18 Å². The number of halogens is 6. The van der Waals surface area contributed by atoms with Gasteiger partial charge in [-0.05, 0) is 12.1 Å². The van der Waals surface area contributed by atoms with Crippen LogP contribution in [0.15, 0.2) is 18.2 Å². The number of rotatable bonds is 2. The van der Waals surface area contributed by atoms with Crippen LogP contribution >= 0.6 is 23.2 Å². The van der Waals surface area contributed by atoms with E-state index in [1.54, 1.807) is 0 Å². The van der Waals surface area contributed by atoms with Gasteiger partial charge in [-0.3, -0.25) is 0 Å². The van der Waals surface area contributed by atoms with Crippen molar-refractivity contribution < 1.29 is 17.6 Å². The molecule has 3 N–H and O–H groups in total. The van der Waals surface area contributed by atoms with Crippen LogP contribution in [0.4, 0.5) is 34.9 Å². The summed E-state index contributed by atoms with van der Waals surface area (Å²) in [5, 5.41) is 2.22. The first-order chi connectivity index (χ1) is 9.66. The Hall–Kier alpha value is -1.80. The van der Waals surface area contributed by atoms with Crippen molar-refractivity contribution in [2.75, 3.05) is 11.1 Å². The molecule has 0 unspecified atom stereocenters. The number of nitrogens with two attached hydrogens (primary N) is 1. The lowest BCUT2D eigenvalue weighted by molar-refractivity contribution is -0.144. The number of nitrogens with zero attached hydrogens (tertiary/aromatic N) is 2. The topological polar surface area (TPSA) is 63.8 Å². The molecule has 0 saturated heterocycles. The van der Waals surface area contributed by atoms with Gasteiger partial charge in [0.25, 0.3) is 0 Å². The zero-order chi connectivity index (χ0) is 15.8. The van der Waals surface area contributed by atoms with Gasteiger partial charge in [0.15, 0.2) is 0 Å². The molecule has 0 aliphatic rings. The van der Waals surface area contributed by atoms with Gasteiger partial charge in [-0.2, -0.15) is 13.2 Å². The number of nitrogens with one attached hydrogen (secondary N) is 1. The van der Waals surface area contributed by atoms with Crippen LogP contribution in [0.1, 0.15) is 5.82 Å². The van der Waals surface area contributed by atoms with Gasteiger partial charge in [-0.1, -0.05) is 23.2 Å². The number of hydrogen-bond donors (Lipinski definition) is 2. The molecule has 0 saturated carbocycles. The number of alkyl halides is 3. The van der Waals surface area contributed by atoms with Gasteiger partial charge in [0.05, 0.1) is 15.7 Å². The van der Waals surface area contributed by atoms with Crippen LogP contribution in [0, 0.1) is 5.82 Å². The summed E-state index contributed by atoms with van der Waals surface area (Å²) < 4.78 is 50.8. The molecule has 0 bridgehead atoms. The molecule has 2 rings (SSSR count). The molecule has 10 heteroatoms. The van der Waals surface area contributed by atoms with Crippen LogP contribution < -0.4 is 11.1 Å². The molecule has 1 aromatic heterocycles. The second-order valence-electron chi connectivity index (χ2n) is 3.87. The first-order valence-corrected chi connectivity index (χ1v) is 6.05. The van der Waals surface area contributed by atoms with Gasteiger partial charge < -0.3 is 11.1 Å². The first kappa shape index (κ1) is 15.6. The summed E-state index contributed by atoms with van der Waals surface area (Å²) in [4.78, 5) is 6.35. The zero-order valence-corrected chi connectivity index (χ0v) is 11.5. The molecule has 112 valence electrons. The lowest BCUT2D eigenvalue weighted by atomic mass is 10.3. The fraction of sp³-hybridized carbons (Fsp3) is 0.0909. The van der Waals surface area contributed by atoms with E-state index in [1.165, 1.54) is 0 Å². The highest BCUT2D eigenvalue weighted by Crippen LogP contribution is 2.34.